The number of nitrogens with one attached hydrogen (secondary N) is 1. The molecule has 3 rings (SSSR count). The second-order valence-corrected chi connectivity index (χ2v) is 10.8. The minimum absolute atomic E-state index is 0.208. The summed E-state index contributed by atoms with van der Waals surface area (Å²) in [6, 6.07) is 15.1. The van der Waals surface area contributed by atoms with Gasteiger partial charge in [0.2, 0.25) is 20.0 Å². The lowest BCUT2D eigenvalue weighted by Gasteiger charge is -2.22. The number of nitrogens with zero attached hydrogens (tertiary/aromatic N) is 3. The summed E-state index contributed by atoms with van der Waals surface area (Å²) in [5, 5.41) is 8.91. The summed E-state index contributed by atoms with van der Waals surface area (Å²) in [6.45, 7) is 2.50. The third kappa shape index (κ3) is 4.88. The second kappa shape index (κ2) is 9.24. The average molecular weight is 449 g/mol. The van der Waals surface area contributed by atoms with Gasteiger partial charge in [-0.1, -0.05) is 24.3 Å². The van der Waals surface area contributed by atoms with Crippen molar-refractivity contribution in [2.75, 3.05) is 33.2 Å². The summed E-state index contributed by atoms with van der Waals surface area (Å²) in [5.41, 5.74) is 1.65. The van der Waals surface area contributed by atoms with Gasteiger partial charge in [-0.25, -0.2) is 21.6 Å². The van der Waals surface area contributed by atoms with Crippen LogP contribution in [0.25, 0.3) is 0 Å². The molecule has 0 atom stereocenters. The third-order valence-electron chi connectivity index (χ3n) is 5.06. The molecule has 2 aromatic rings. The van der Waals surface area contributed by atoms with Gasteiger partial charge >= 0.3 is 0 Å². The molecule has 1 heterocycles. The number of benzene rings is 2. The van der Waals surface area contributed by atoms with Gasteiger partial charge in [0.05, 0.1) is 11.6 Å². The van der Waals surface area contributed by atoms with E-state index in [1.165, 1.54) is 35.6 Å². The van der Waals surface area contributed by atoms with Gasteiger partial charge in [0.25, 0.3) is 0 Å². The van der Waals surface area contributed by atoms with E-state index < -0.39 is 20.0 Å². The molecule has 1 N–H and O–H groups in total. The number of sulfonamides is 2. The van der Waals surface area contributed by atoms with E-state index in [1.54, 1.807) is 12.1 Å². The highest BCUT2D eigenvalue weighted by molar-refractivity contribution is 7.92. The van der Waals surface area contributed by atoms with Crippen molar-refractivity contribution in [1.82, 2.24) is 13.9 Å². The molecule has 10 heteroatoms. The van der Waals surface area contributed by atoms with E-state index >= 15 is 0 Å². The standard InChI is InChI=1S/C20H24N4O4S2/c1-22-29(25,26)19-5-2-3-6-20(19)30(27,28)24-12-4-11-23(13-14-24)16-18-9-7-17(15-21)8-10-18/h2-3,5-10,22H,4,11-14,16H2,1H3. The van der Waals surface area contributed by atoms with Crippen LogP contribution in [0.4, 0.5) is 0 Å². The zero-order valence-electron chi connectivity index (χ0n) is 16.7. The molecule has 0 bridgehead atoms. The van der Waals surface area contributed by atoms with Crippen molar-refractivity contribution in [3.05, 3.63) is 59.7 Å². The molecule has 0 radical (unpaired) electrons. The van der Waals surface area contributed by atoms with Gasteiger partial charge < -0.3 is 0 Å². The maximum Gasteiger partial charge on any atom is 0.244 e. The highest BCUT2D eigenvalue weighted by atomic mass is 32.2. The molecule has 1 saturated heterocycles. The molecule has 160 valence electrons. The van der Waals surface area contributed by atoms with E-state index in [2.05, 4.69) is 15.7 Å². The van der Waals surface area contributed by atoms with Crippen molar-refractivity contribution in [2.24, 2.45) is 0 Å². The lowest BCUT2D eigenvalue weighted by atomic mass is 10.1. The SMILES string of the molecule is CNS(=O)(=O)c1ccccc1S(=O)(=O)N1CCCN(Cc2ccc(C#N)cc2)CC1. The molecule has 0 aromatic heterocycles. The Bertz CT molecular complexity index is 1140. The van der Waals surface area contributed by atoms with Crippen molar-refractivity contribution in [1.29, 1.82) is 5.26 Å². The van der Waals surface area contributed by atoms with Crippen molar-refractivity contribution in [3.63, 3.8) is 0 Å². The Hall–Kier alpha value is -2.29. The van der Waals surface area contributed by atoms with E-state index in [4.69, 9.17) is 5.26 Å². The molecular formula is C20H24N4O4S2. The molecule has 8 nitrogen and oxygen atoms in total. The third-order valence-corrected chi connectivity index (χ3v) is 8.62. The molecule has 0 unspecified atom stereocenters. The summed E-state index contributed by atoms with van der Waals surface area (Å²) >= 11 is 0. The predicted octanol–water partition coefficient (Wildman–Crippen LogP) is 1.36. The van der Waals surface area contributed by atoms with Crippen LogP contribution in [-0.2, 0) is 26.6 Å². The lowest BCUT2D eigenvalue weighted by Crippen LogP contribution is -2.36. The van der Waals surface area contributed by atoms with Crippen molar-refractivity contribution in [2.45, 2.75) is 22.8 Å². The first-order chi connectivity index (χ1) is 14.3. The summed E-state index contributed by atoms with van der Waals surface area (Å²) in [5.74, 6) is 0. The van der Waals surface area contributed by atoms with Crippen molar-refractivity contribution >= 4 is 20.0 Å². The van der Waals surface area contributed by atoms with E-state index in [-0.39, 0.29) is 16.3 Å². The van der Waals surface area contributed by atoms with Crippen LogP contribution < -0.4 is 4.72 Å². The molecule has 0 saturated carbocycles. The zero-order chi connectivity index (χ0) is 21.8. The fraction of sp³-hybridized carbons (Fsp3) is 0.350. The summed E-state index contributed by atoms with van der Waals surface area (Å²) in [6.07, 6.45) is 0.635. The molecule has 1 aliphatic rings. The Labute approximate surface area is 177 Å². The maximum atomic E-state index is 13.2. The Balaban J connectivity index is 1.77. The van der Waals surface area contributed by atoms with Crippen LogP contribution in [-0.4, -0.2) is 59.3 Å². The van der Waals surface area contributed by atoms with Gasteiger partial charge in [0.15, 0.2) is 0 Å². The van der Waals surface area contributed by atoms with Crippen molar-refractivity contribution in [3.8, 4) is 6.07 Å². The number of hydrogen-bond acceptors (Lipinski definition) is 6. The van der Waals surface area contributed by atoms with Crippen molar-refractivity contribution < 1.29 is 16.8 Å². The second-order valence-electron chi connectivity index (χ2n) is 7.00. The molecule has 30 heavy (non-hydrogen) atoms. The van der Waals surface area contributed by atoms with Crippen LogP contribution in [0.5, 0.6) is 0 Å². The van der Waals surface area contributed by atoms with E-state index in [0.29, 0.717) is 31.6 Å². The molecular weight excluding hydrogens is 424 g/mol. The summed E-state index contributed by atoms with van der Waals surface area (Å²) in [7, 11) is -6.61. The Morgan fingerprint density at radius 3 is 2.23 bits per heavy atom. The molecule has 0 aliphatic carbocycles. The van der Waals surface area contributed by atoms with Crippen LogP contribution in [0, 0.1) is 11.3 Å². The van der Waals surface area contributed by atoms with Crippen LogP contribution in [0.1, 0.15) is 17.5 Å². The minimum atomic E-state index is -3.96. The van der Waals surface area contributed by atoms with Gasteiger partial charge in [-0.3, -0.25) is 4.90 Å². The molecule has 0 amide bonds. The predicted molar refractivity (Wildman–Crippen MR) is 112 cm³/mol. The van der Waals surface area contributed by atoms with Gasteiger partial charge in [0.1, 0.15) is 9.79 Å². The quantitative estimate of drug-likeness (QED) is 0.714. The topological polar surface area (TPSA) is 111 Å². The fourth-order valence-electron chi connectivity index (χ4n) is 3.42. The minimum Gasteiger partial charge on any atom is -0.298 e. The zero-order valence-corrected chi connectivity index (χ0v) is 18.3. The van der Waals surface area contributed by atoms with Crippen LogP contribution >= 0.6 is 0 Å². The first-order valence-electron chi connectivity index (χ1n) is 9.52. The van der Waals surface area contributed by atoms with E-state index in [0.717, 1.165) is 12.1 Å². The lowest BCUT2D eigenvalue weighted by molar-refractivity contribution is 0.278. The Morgan fingerprint density at radius 1 is 0.933 bits per heavy atom. The smallest absolute Gasteiger partial charge is 0.244 e. The van der Waals surface area contributed by atoms with Gasteiger partial charge in [-0.05, 0) is 49.8 Å². The molecule has 2 aromatic carbocycles. The van der Waals surface area contributed by atoms with Crippen LogP contribution in [0.15, 0.2) is 58.3 Å². The Kier molecular flexibility index (Phi) is 6.90. The monoisotopic (exact) mass is 448 g/mol. The normalized spacial score (nSPS) is 16.7. The number of nitriles is 1. The van der Waals surface area contributed by atoms with Gasteiger partial charge in [0, 0.05) is 26.2 Å². The van der Waals surface area contributed by atoms with Gasteiger partial charge in [-0.2, -0.15) is 9.57 Å². The van der Waals surface area contributed by atoms with E-state index in [9.17, 15) is 16.8 Å². The highest BCUT2D eigenvalue weighted by Gasteiger charge is 2.31. The average Bonchev–Trinajstić information content (AvgIpc) is 3.00. The largest absolute Gasteiger partial charge is 0.298 e. The first-order valence-corrected chi connectivity index (χ1v) is 12.4. The van der Waals surface area contributed by atoms with Crippen LogP contribution in [0.3, 0.4) is 0 Å². The maximum absolute atomic E-state index is 13.2. The number of hydrogen-bond donors (Lipinski definition) is 1. The van der Waals surface area contributed by atoms with Crippen LogP contribution in [0.2, 0.25) is 0 Å². The Morgan fingerprint density at radius 2 is 1.60 bits per heavy atom. The fourth-order valence-corrected chi connectivity index (χ4v) is 6.42. The molecule has 1 aliphatic heterocycles. The number of rotatable bonds is 6. The van der Waals surface area contributed by atoms with Gasteiger partial charge in [-0.15, -0.1) is 0 Å². The highest BCUT2D eigenvalue weighted by Crippen LogP contribution is 2.25. The summed E-state index contributed by atoms with van der Waals surface area (Å²) in [4.78, 5) is 1.71. The molecule has 0 spiro atoms. The van der Waals surface area contributed by atoms with E-state index in [1.807, 2.05) is 12.1 Å². The first kappa shape index (κ1) is 22.4. The molecule has 1 fully saturated rings. The summed E-state index contributed by atoms with van der Waals surface area (Å²) < 4.78 is 54.6.